The van der Waals surface area contributed by atoms with Crippen LogP contribution in [0.25, 0.3) is 11.1 Å². The van der Waals surface area contributed by atoms with Gasteiger partial charge in [0, 0.05) is 0 Å². The van der Waals surface area contributed by atoms with Crippen LogP contribution in [0.5, 0.6) is 11.5 Å². The van der Waals surface area contributed by atoms with Gasteiger partial charge in [-0.1, -0.05) is 63.3 Å². The fourth-order valence-corrected chi connectivity index (χ4v) is 3.28. The number of hydrogen-bond acceptors (Lipinski definition) is 3. The van der Waals surface area contributed by atoms with Crippen LogP contribution in [0.3, 0.4) is 0 Å². The van der Waals surface area contributed by atoms with E-state index in [-0.39, 0.29) is 5.82 Å². The average molecular weight is 421 g/mol. The fraction of sp³-hybridized carbons (Fsp3) is 0.296. The summed E-state index contributed by atoms with van der Waals surface area (Å²) in [5.74, 6) is 0.547. The Hall–Kier alpha value is -3.14. The average Bonchev–Trinajstić information content (AvgIpc) is 2.80. The van der Waals surface area contributed by atoms with Gasteiger partial charge >= 0.3 is 5.97 Å². The number of ether oxygens (including phenoxy) is 2. The van der Waals surface area contributed by atoms with Crippen LogP contribution >= 0.6 is 0 Å². The van der Waals surface area contributed by atoms with Gasteiger partial charge in [0.2, 0.25) is 0 Å². The van der Waals surface area contributed by atoms with Crippen molar-refractivity contribution >= 4 is 5.97 Å². The number of carbonyl (C=O) groups is 1. The van der Waals surface area contributed by atoms with Crippen molar-refractivity contribution in [1.82, 2.24) is 0 Å². The molecular formula is C27H29FO3. The molecule has 0 heterocycles. The molecule has 0 saturated heterocycles. The van der Waals surface area contributed by atoms with E-state index < -0.39 is 5.97 Å². The van der Waals surface area contributed by atoms with E-state index in [0.717, 1.165) is 23.3 Å². The Bertz CT molecular complexity index is 932. The third-order valence-electron chi connectivity index (χ3n) is 5.10. The van der Waals surface area contributed by atoms with E-state index in [0.29, 0.717) is 17.9 Å². The molecule has 3 nitrogen and oxygen atoms in total. The van der Waals surface area contributed by atoms with Crippen LogP contribution in [0.2, 0.25) is 0 Å². The van der Waals surface area contributed by atoms with Crippen LogP contribution in [0.4, 0.5) is 4.39 Å². The standard InChI is InChI=1S/C27H29FO3/c1-2-3-4-5-6-7-20-30-25-16-18-26(19-17-25)31-27(29)23-10-8-21(9-11-23)22-12-14-24(28)15-13-22/h8-19H,2-7,20H2,1H3. The zero-order valence-corrected chi connectivity index (χ0v) is 18.0. The summed E-state index contributed by atoms with van der Waals surface area (Å²) in [5, 5.41) is 0. The Balaban J connectivity index is 1.46. The molecule has 0 fully saturated rings. The molecule has 0 N–H and O–H groups in total. The molecule has 0 bridgehead atoms. The summed E-state index contributed by atoms with van der Waals surface area (Å²) in [4.78, 5) is 12.4. The van der Waals surface area contributed by atoms with E-state index in [9.17, 15) is 9.18 Å². The summed E-state index contributed by atoms with van der Waals surface area (Å²) in [6, 6.07) is 20.4. The van der Waals surface area contributed by atoms with Gasteiger partial charge in [0.05, 0.1) is 12.2 Å². The third-order valence-corrected chi connectivity index (χ3v) is 5.10. The molecule has 0 atom stereocenters. The Labute approximate surface area is 183 Å². The molecule has 3 aromatic rings. The molecule has 0 aromatic heterocycles. The quantitative estimate of drug-likeness (QED) is 0.184. The van der Waals surface area contributed by atoms with Gasteiger partial charge in [-0.15, -0.1) is 0 Å². The molecule has 0 aliphatic carbocycles. The highest BCUT2D eigenvalue weighted by Gasteiger charge is 2.09. The second-order valence-electron chi connectivity index (χ2n) is 7.56. The summed E-state index contributed by atoms with van der Waals surface area (Å²) in [6.45, 7) is 2.92. The molecule has 0 aliphatic rings. The van der Waals surface area contributed by atoms with Crippen LogP contribution in [0, 0.1) is 5.82 Å². The molecular weight excluding hydrogens is 391 g/mol. The molecule has 0 aliphatic heterocycles. The van der Waals surface area contributed by atoms with Crippen LogP contribution in [-0.2, 0) is 0 Å². The minimum absolute atomic E-state index is 0.275. The number of halogens is 1. The van der Waals surface area contributed by atoms with Crippen molar-refractivity contribution in [2.24, 2.45) is 0 Å². The van der Waals surface area contributed by atoms with Gasteiger partial charge in [-0.05, 0) is 66.1 Å². The van der Waals surface area contributed by atoms with Crippen molar-refractivity contribution < 1.29 is 18.7 Å². The van der Waals surface area contributed by atoms with Gasteiger partial charge in [-0.25, -0.2) is 9.18 Å². The van der Waals surface area contributed by atoms with Gasteiger partial charge in [0.25, 0.3) is 0 Å². The largest absolute Gasteiger partial charge is 0.494 e. The first-order chi connectivity index (χ1) is 15.2. The highest BCUT2D eigenvalue weighted by atomic mass is 19.1. The fourth-order valence-electron chi connectivity index (χ4n) is 3.28. The Morgan fingerprint density at radius 3 is 1.90 bits per heavy atom. The van der Waals surface area contributed by atoms with E-state index in [1.807, 2.05) is 24.3 Å². The normalized spacial score (nSPS) is 10.6. The van der Waals surface area contributed by atoms with Gasteiger partial charge in [-0.3, -0.25) is 0 Å². The highest BCUT2D eigenvalue weighted by Crippen LogP contribution is 2.22. The van der Waals surface area contributed by atoms with E-state index in [1.54, 1.807) is 36.4 Å². The lowest BCUT2D eigenvalue weighted by molar-refractivity contribution is 0.0734. The lowest BCUT2D eigenvalue weighted by atomic mass is 10.0. The van der Waals surface area contributed by atoms with Gasteiger partial charge in [0.1, 0.15) is 17.3 Å². The van der Waals surface area contributed by atoms with Crippen molar-refractivity contribution in [3.63, 3.8) is 0 Å². The number of esters is 1. The predicted octanol–water partition coefficient (Wildman–Crippen LogP) is 7.45. The van der Waals surface area contributed by atoms with E-state index in [1.165, 1.54) is 44.2 Å². The lowest BCUT2D eigenvalue weighted by Gasteiger charge is -2.08. The predicted molar refractivity (Wildman–Crippen MR) is 122 cm³/mol. The maximum absolute atomic E-state index is 13.1. The first kappa shape index (κ1) is 22.5. The Morgan fingerprint density at radius 2 is 1.26 bits per heavy atom. The van der Waals surface area contributed by atoms with Gasteiger partial charge < -0.3 is 9.47 Å². The van der Waals surface area contributed by atoms with Crippen LogP contribution in [-0.4, -0.2) is 12.6 Å². The maximum Gasteiger partial charge on any atom is 0.343 e. The highest BCUT2D eigenvalue weighted by molar-refractivity contribution is 5.91. The summed E-state index contributed by atoms with van der Waals surface area (Å²) in [6.07, 6.45) is 7.36. The number of benzene rings is 3. The summed E-state index contributed by atoms with van der Waals surface area (Å²) >= 11 is 0. The zero-order valence-electron chi connectivity index (χ0n) is 18.0. The molecule has 3 aromatic carbocycles. The molecule has 31 heavy (non-hydrogen) atoms. The molecule has 162 valence electrons. The van der Waals surface area contributed by atoms with Gasteiger partial charge in [0.15, 0.2) is 0 Å². The first-order valence-electron chi connectivity index (χ1n) is 11.0. The van der Waals surface area contributed by atoms with Crippen LogP contribution in [0.1, 0.15) is 55.8 Å². The zero-order chi connectivity index (χ0) is 21.9. The minimum Gasteiger partial charge on any atom is -0.494 e. The third kappa shape index (κ3) is 7.25. The maximum atomic E-state index is 13.1. The number of carbonyl (C=O) groups excluding carboxylic acids is 1. The molecule has 4 heteroatoms. The van der Waals surface area contributed by atoms with Crippen molar-refractivity contribution in [3.8, 4) is 22.6 Å². The molecule has 0 spiro atoms. The number of unbranched alkanes of at least 4 members (excludes halogenated alkanes) is 5. The molecule has 0 unspecified atom stereocenters. The molecule has 0 amide bonds. The second kappa shape index (κ2) is 11.9. The minimum atomic E-state index is -0.425. The van der Waals surface area contributed by atoms with Crippen molar-refractivity contribution in [2.75, 3.05) is 6.61 Å². The van der Waals surface area contributed by atoms with Gasteiger partial charge in [-0.2, -0.15) is 0 Å². The SMILES string of the molecule is CCCCCCCCOc1ccc(OC(=O)c2ccc(-c3ccc(F)cc3)cc2)cc1. The van der Waals surface area contributed by atoms with E-state index >= 15 is 0 Å². The first-order valence-corrected chi connectivity index (χ1v) is 11.0. The monoisotopic (exact) mass is 420 g/mol. The van der Waals surface area contributed by atoms with Crippen LogP contribution < -0.4 is 9.47 Å². The molecule has 3 rings (SSSR count). The summed E-state index contributed by atoms with van der Waals surface area (Å²) in [7, 11) is 0. The number of rotatable bonds is 11. The van der Waals surface area contributed by atoms with Crippen molar-refractivity contribution in [1.29, 1.82) is 0 Å². The van der Waals surface area contributed by atoms with Crippen molar-refractivity contribution in [3.05, 3.63) is 84.2 Å². The molecule has 0 radical (unpaired) electrons. The summed E-state index contributed by atoms with van der Waals surface area (Å²) in [5.41, 5.74) is 2.25. The smallest absolute Gasteiger partial charge is 0.343 e. The summed E-state index contributed by atoms with van der Waals surface area (Å²) < 4.78 is 24.3. The lowest BCUT2D eigenvalue weighted by Crippen LogP contribution is -2.08. The van der Waals surface area contributed by atoms with Crippen LogP contribution in [0.15, 0.2) is 72.8 Å². The second-order valence-corrected chi connectivity index (χ2v) is 7.56. The van der Waals surface area contributed by atoms with E-state index in [2.05, 4.69) is 6.92 Å². The topological polar surface area (TPSA) is 35.5 Å². The van der Waals surface area contributed by atoms with E-state index in [4.69, 9.17) is 9.47 Å². The molecule has 0 saturated carbocycles. The Morgan fingerprint density at radius 1 is 0.710 bits per heavy atom. The number of hydrogen-bond donors (Lipinski definition) is 0. The van der Waals surface area contributed by atoms with Crippen molar-refractivity contribution in [2.45, 2.75) is 45.4 Å². The Kier molecular flexibility index (Phi) is 8.65.